The fraction of sp³-hybridized carbons (Fsp3) is 0.381. The van der Waals surface area contributed by atoms with Crippen molar-refractivity contribution < 1.29 is 28.7 Å². The van der Waals surface area contributed by atoms with Crippen molar-refractivity contribution in [3.63, 3.8) is 0 Å². The molecule has 1 aromatic carbocycles. The number of fused-ring (bicyclic) bond motifs is 1. The number of hydrogen-bond acceptors (Lipinski definition) is 9. The van der Waals surface area contributed by atoms with Crippen LogP contribution in [-0.4, -0.2) is 69.9 Å². The second-order valence-corrected chi connectivity index (χ2v) is 7.97. The third-order valence-electron chi connectivity index (χ3n) is 4.71. The van der Waals surface area contributed by atoms with E-state index in [-0.39, 0.29) is 25.0 Å². The molecule has 2 atom stereocenters. The van der Waals surface area contributed by atoms with E-state index < -0.39 is 30.1 Å². The van der Waals surface area contributed by atoms with Gasteiger partial charge in [-0.2, -0.15) is 0 Å². The highest BCUT2D eigenvalue weighted by atomic mass is 79.9. The summed E-state index contributed by atoms with van der Waals surface area (Å²) in [6, 6.07) is 3.39. The zero-order valence-corrected chi connectivity index (χ0v) is 20.0. The fourth-order valence-electron chi connectivity index (χ4n) is 3.26. The largest absolute Gasteiger partial charge is 0.451 e. The SMILES string of the molecule is CC(=O)O[C@@H](C)C(=O)O[C@@H](C)C(=O)N1CCN=C1N(C(C)=O)c1ccc2nccnc2c1Br. The molecule has 2 aromatic rings. The summed E-state index contributed by atoms with van der Waals surface area (Å²) in [7, 11) is 0. The highest BCUT2D eigenvalue weighted by molar-refractivity contribution is 9.10. The van der Waals surface area contributed by atoms with E-state index in [1.54, 1.807) is 18.3 Å². The van der Waals surface area contributed by atoms with Gasteiger partial charge in [0.1, 0.15) is 5.52 Å². The Kier molecular flexibility index (Phi) is 7.36. The van der Waals surface area contributed by atoms with Gasteiger partial charge in [0.15, 0.2) is 12.2 Å². The van der Waals surface area contributed by atoms with E-state index in [0.29, 0.717) is 21.2 Å². The van der Waals surface area contributed by atoms with Gasteiger partial charge in [0.05, 0.1) is 22.2 Å². The summed E-state index contributed by atoms with van der Waals surface area (Å²) in [5, 5.41) is 0. The highest BCUT2D eigenvalue weighted by Crippen LogP contribution is 2.33. The van der Waals surface area contributed by atoms with Crippen molar-refractivity contribution in [3.8, 4) is 0 Å². The standard InChI is InChI=1S/C21H22BrN5O6/c1-11(33-20(31)12(2)32-14(4)29)19(30)26-10-9-25-21(26)27(13(3)28)16-6-5-15-18(17(16)22)24-8-7-23-15/h5-8,11-12H,9-10H2,1-4H3/t11-,12-/m0/s1. The van der Waals surface area contributed by atoms with E-state index in [4.69, 9.17) is 9.47 Å². The average Bonchev–Trinajstić information content (AvgIpc) is 3.23. The van der Waals surface area contributed by atoms with Crippen LogP contribution in [0, 0.1) is 0 Å². The Morgan fingerprint density at radius 3 is 2.42 bits per heavy atom. The lowest BCUT2D eigenvalue weighted by molar-refractivity contribution is -0.171. The Labute approximate surface area is 197 Å². The maximum Gasteiger partial charge on any atom is 0.347 e. The van der Waals surface area contributed by atoms with E-state index in [9.17, 15) is 19.2 Å². The molecule has 1 aliphatic heterocycles. The van der Waals surface area contributed by atoms with Crippen LogP contribution < -0.4 is 4.90 Å². The van der Waals surface area contributed by atoms with Gasteiger partial charge in [-0.05, 0) is 41.9 Å². The lowest BCUT2D eigenvalue weighted by atomic mass is 10.2. The first-order valence-corrected chi connectivity index (χ1v) is 10.8. The number of amides is 2. The van der Waals surface area contributed by atoms with Gasteiger partial charge in [0.25, 0.3) is 5.91 Å². The Bertz CT molecular complexity index is 1150. The minimum absolute atomic E-state index is 0.104. The number of carbonyl (C=O) groups excluding carboxylic acids is 4. The highest BCUT2D eigenvalue weighted by Gasteiger charge is 2.36. The zero-order valence-electron chi connectivity index (χ0n) is 18.4. The summed E-state index contributed by atoms with van der Waals surface area (Å²) in [6.07, 6.45) is 0.736. The number of anilines is 1. The number of benzene rings is 1. The summed E-state index contributed by atoms with van der Waals surface area (Å²) in [6.45, 7) is 5.72. The molecule has 1 aliphatic rings. The van der Waals surface area contributed by atoms with Gasteiger partial charge in [-0.1, -0.05) is 0 Å². The molecule has 0 N–H and O–H groups in total. The smallest absolute Gasteiger partial charge is 0.347 e. The number of nitrogens with zero attached hydrogens (tertiary/aromatic N) is 5. The van der Waals surface area contributed by atoms with Crippen LogP contribution in [0.3, 0.4) is 0 Å². The van der Waals surface area contributed by atoms with Crippen LogP contribution in [0.2, 0.25) is 0 Å². The van der Waals surface area contributed by atoms with Gasteiger partial charge in [-0.15, -0.1) is 0 Å². The first kappa shape index (κ1) is 24.2. The molecule has 174 valence electrons. The van der Waals surface area contributed by atoms with Gasteiger partial charge >= 0.3 is 11.9 Å². The third-order valence-corrected chi connectivity index (χ3v) is 5.50. The normalized spacial score (nSPS) is 14.9. The number of hydrogen-bond donors (Lipinski definition) is 0. The molecule has 0 fully saturated rings. The molecular formula is C21H22BrN5O6. The summed E-state index contributed by atoms with van der Waals surface area (Å²) >= 11 is 3.49. The lowest BCUT2D eigenvalue weighted by Crippen LogP contribution is -2.51. The van der Waals surface area contributed by atoms with Crippen LogP contribution >= 0.6 is 15.9 Å². The number of aromatic nitrogens is 2. The Morgan fingerprint density at radius 1 is 1.06 bits per heavy atom. The molecule has 0 unspecified atom stereocenters. The maximum absolute atomic E-state index is 13.1. The topological polar surface area (TPSA) is 131 Å². The molecule has 11 nitrogen and oxygen atoms in total. The number of ether oxygens (including phenoxy) is 2. The van der Waals surface area contributed by atoms with Gasteiger partial charge < -0.3 is 9.47 Å². The molecule has 0 aliphatic carbocycles. The monoisotopic (exact) mass is 519 g/mol. The second-order valence-electron chi connectivity index (χ2n) is 7.18. The van der Waals surface area contributed by atoms with Crippen LogP contribution in [0.15, 0.2) is 34.0 Å². The third kappa shape index (κ3) is 5.16. The number of halogens is 1. The molecule has 2 heterocycles. The Morgan fingerprint density at radius 2 is 1.76 bits per heavy atom. The first-order chi connectivity index (χ1) is 15.6. The van der Waals surface area contributed by atoms with Crippen LogP contribution in [0.25, 0.3) is 11.0 Å². The van der Waals surface area contributed by atoms with Crippen molar-refractivity contribution in [2.45, 2.75) is 39.9 Å². The summed E-state index contributed by atoms with van der Waals surface area (Å²) in [5.74, 6) is -2.35. The van der Waals surface area contributed by atoms with Crippen LogP contribution in [0.1, 0.15) is 27.7 Å². The van der Waals surface area contributed by atoms with Crippen molar-refractivity contribution in [2.75, 3.05) is 18.0 Å². The molecule has 3 rings (SSSR count). The molecule has 0 bridgehead atoms. The maximum atomic E-state index is 13.1. The van der Waals surface area contributed by atoms with E-state index in [0.717, 1.165) is 6.92 Å². The fourth-order valence-corrected chi connectivity index (χ4v) is 3.87. The van der Waals surface area contributed by atoms with E-state index in [2.05, 4.69) is 30.9 Å². The van der Waals surface area contributed by atoms with Gasteiger partial charge in [0, 0.05) is 32.8 Å². The van der Waals surface area contributed by atoms with Gasteiger partial charge in [-0.3, -0.25) is 34.2 Å². The minimum atomic E-state index is -1.20. The number of carbonyl (C=O) groups is 4. The van der Waals surface area contributed by atoms with Crippen LogP contribution in [0.4, 0.5) is 5.69 Å². The molecule has 0 radical (unpaired) electrons. The van der Waals surface area contributed by atoms with E-state index in [1.165, 1.54) is 36.8 Å². The number of esters is 2. The quantitative estimate of drug-likeness (QED) is 0.546. The molecular weight excluding hydrogens is 498 g/mol. The molecule has 0 saturated heterocycles. The van der Waals surface area contributed by atoms with Crippen molar-refractivity contribution in [3.05, 3.63) is 29.0 Å². The molecule has 2 amide bonds. The first-order valence-electron chi connectivity index (χ1n) is 10.0. The van der Waals surface area contributed by atoms with Crippen molar-refractivity contribution in [1.29, 1.82) is 0 Å². The van der Waals surface area contributed by atoms with E-state index in [1.807, 2.05) is 0 Å². The number of rotatable bonds is 5. The Hall–Kier alpha value is -3.41. The van der Waals surface area contributed by atoms with Crippen molar-refractivity contribution >= 4 is 62.4 Å². The summed E-state index contributed by atoms with van der Waals surface area (Å²) in [4.78, 5) is 64.4. The minimum Gasteiger partial charge on any atom is -0.451 e. The molecule has 12 heteroatoms. The van der Waals surface area contributed by atoms with Crippen LogP contribution in [0.5, 0.6) is 0 Å². The number of aliphatic imine (C=N–C) groups is 1. The second kappa shape index (κ2) is 10.0. The van der Waals surface area contributed by atoms with Gasteiger partial charge in [0.2, 0.25) is 11.9 Å². The zero-order chi connectivity index (χ0) is 24.3. The van der Waals surface area contributed by atoms with E-state index >= 15 is 0 Å². The van der Waals surface area contributed by atoms with Crippen molar-refractivity contribution in [1.82, 2.24) is 14.9 Å². The molecule has 0 saturated carbocycles. The van der Waals surface area contributed by atoms with Crippen LogP contribution in [-0.2, 0) is 28.7 Å². The summed E-state index contributed by atoms with van der Waals surface area (Å²) < 4.78 is 10.5. The Balaban J connectivity index is 1.86. The average molecular weight is 520 g/mol. The summed E-state index contributed by atoms with van der Waals surface area (Å²) in [5.41, 5.74) is 1.60. The molecule has 1 aromatic heterocycles. The predicted molar refractivity (Wildman–Crippen MR) is 121 cm³/mol. The molecule has 33 heavy (non-hydrogen) atoms. The van der Waals surface area contributed by atoms with Crippen molar-refractivity contribution in [2.24, 2.45) is 4.99 Å². The predicted octanol–water partition coefficient (Wildman–Crippen LogP) is 1.83. The number of guanidine groups is 1. The lowest BCUT2D eigenvalue weighted by Gasteiger charge is -2.29. The van der Waals surface area contributed by atoms with Gasteiger partial charge in [-0.25, -0.2) is 9.69 Å². The molecule has 0 spiro atoms.